The van der Waals surface area contributed by atoms with Crippen molar-refractivity contribution >= 4 is 11.6 Å². The van der Waals surface area contributed by atoms with Gasteiger partial charge in [-0.05, 0) is 62.8 Å². The summed E-state index contributed by atoms with van der Waals surface area (Å²) >= 11 is 0. The highest BCUT2D eigenvalue weighted by Crippen LogP contribution is 2.42. The molecule has 1 fully saturated rings. The van der Waals surface area contributed by atoms with Gasteiger partial charge < -0.3 is 4.90 Å². The van der Waals surface area contributed by atoms with Gasteiger partial charge in [0.15, 0.2) is 0 Å². The molecule has 0 aromatic heterocycles. The predicted octanol–water partition coefficient (Wildman–Crippen LogP) is 3.27. The van der Waals surface area contributed by atoms with Crippen molar-refractivity contribution in [1.29, 1.82) is 5.26 Å². The van der Waals surface area contributed by atoms with Gasteiger partial charge in [0.1, 0.15) is 5.41 Å². The summed E-state index contributed by atoms with van der Waals surface area (Å²) in [6.07, 6.45) is 2.35. The van der Waals surface area contributed by atoms with Crippen molar-refractivity contribution in [3.8, 4) is 6.07 Å². The molecule has 1 aliphatic carbocycles. The lowest BCUT2D eigenvalue weighted by atomic mass is 9.69. The van der Waals surface area contributed by atoms with Gasteiger partial charge in [0, 0.05) is 12.7 Å². The zero-order chi connectivity index (χ0) is 14.2. The minimum atomic E-state index is -0.778. The predicted molar refractivity (Wildman–Crippen MR) is 76.0 cm³/mol. The average Bonchev–Trinajstić information content (AvgIpc) is 2.32. The molecule has 0 heterocycles. The summed E-state index contributed by atoms with van der Waals surface area (Å²) in [5, 5.41) is 9.27. The minimum Gasteiger partial charge on any atom is -0.314 e. The molecule has 2 rings (SSSR count). The number of nitriles is 1. The van der Waals surface area contributed by atoms with Crippen LogP contribution in [0.1, 0.15) is 36.0 Å². The van der Waals surface area contributed by atoms with Crippen molar-refractivity contribution in [3.05, 3.63) is 28.8 Å². The molecule has 100 valence electrons. The zero-order valence-corrected chi connectivity index (χ0v) is 12.1. The summed E-state index contributed by atoms with van der Waals surface area (Å²) in [7, 11) is 1.77. The van der Waals surface area contributed by atoms with Crippen LogP contribution in [0.4, 0.5) is 5.69 Å². The second kappa shape index (κ2) is 4.70. The molecule has 1 amide bonds. The maximum absolute atomic E-state index is 12.5. The lowest BCUT2D eigenvalue weighted by Gasteiger charge is -2.37. The van der Waals surface area contributed by atoms with Crippen molar-refractivity contribution < 1.29 is 4.79 Å². The first-order valence-electron chi connectivity index (χ1n) is 6.68. The summed E-state index contributed by atoms with van der Waals surface area (Å²) in [6.45, 7) is 6.11. The third kappa shape index (κ3) is 2.12. The van der Waals surface area contributed by atoms with E-state index in [4.69, 9.17) is 0 Å². The molecule has 0 N–H and O–H groups in total. The molecule has 1 aliphatic rings. The van der Waals surface area contributed by atoms with Crippen LogP contribution in [0.3, 0.4) is 0 Å². The lowest BCUT2D eigenvalue weighted by Crippen LogP contribution is -2.45. The van der Waals surface area contributed by atoms with Gasteiger partial charge in [0.05, 0.1) is 6.07 Å². The molecule has 1 saturated carbocycles. The molecule has 0 unspecified atom stereocenters. The van der Waals surface area contributed by atoms with Crippen LogP contribution >= 0.6 is 0 Å². The molecule has 0 spiro atoms. The second-order valence-electron chi connectivity index (χ2n) is 5.63. The van der Waals surface area contributed by atoms with E-state index in [0.717, 1.165) is 17.7 Å². The van der Waals surface area contributed by atoms with E-state index in [0.29, 0.717) is 12.8 Å². The number of aryl methyl sites for hydroxylation is 3. The number of nitrogens with zero attached hydrogens (tertiary/aromatic N) is 2. The van der Waals surface area contributed by atoms with E-state index in [-0.39, 0.29) is 5.91 Å². The molecular weight excluding hydrogens is 236 g/mol. The summed E-state index contributed by atoms with van der Waals surface area (Å²) in [5.41, 5.74) is 3.60. The van der Waals surface area contributed by atoms with Gasteiger partial charge in [-0.15, -0.1) is 0 Å². The Labute approximate surface area is 114 Å². The van der Waals surface area contributed by atoms with Crippen LogP contribution in [0.5, 0.6) is 0 Å². The van der Waals surface area contributed by atoms with Gasteiger partial charge in [-0.3, -0.25) is 4.79 Å². The number of benzene rings is 1. The number of hydrogen-bond acceptors (Lipinski definition) is 2. The van der Waals surface area contributed by atoms with Crippen LogP contribution in [0.25, 0.3) is 0 Å². The minimum absolute atomic E-state index is 0.0624. The largest absolute Gasteiger partial charge is 0.314 e. The monoisotopic (exact) mass is 256 g/mol. The van der Waals surface area contributed by atoms with E-state index in [9.17, 15) is 10.1 Å². The van der Waals surface area contributed by atoms with Crippen LogP contribution < -0.4 is 4.90 Å². The Hall–Kier alpha value is -1.82. The third-order valence-corrected chi connectivity index (χ3v) is 4.31. The average molecular weight is 256 g/mol. The molecule has 3 heteroatoms. The topological polar surface area (TPSA) is 44.1 Å². The van der Waals surface area contributed by atoms with Crippen molar-refractivity contribution in [2.45, 2.75) is 40.0 Å². The molecule has 1 aromatic carbocycles. The Bertz CT molecular complexity index is 565. The van der Waals surface area contributed by atoms with Crippen LogP contribution in [0.15, 0.2) is 12.1 Å². The Balaban J connectivity index is 2.35. The molecule has 19 heavy (non-hydrogen) atoms. The first-order chi connectivity index (χ1) is 8.91. The van der Waals surface area contributed by atoms with Crippen LogP contribution in [-0.4, -0.2) is 13.0 Å². The zero-order valence-electron chi connectivity index (χ0n) is 12.1. The van der Waals surface area contributed by atoms with E-state index in [1.165, 1.54) is 11.1 Å². The number of amides is 1. The van der Waals surface area contributed by atoms with Gasteiger partial charge in [-0.1, -0.05) is 6.07 Å². The van der Waals surface area contributed by atoms with E-state index in [1.54, 1.807) is 11.9 Å². The van der Waals surface area contributed by atoms with Gasteiger partial charge in [-0.2, -0.15) is 5.26 Å². The molecule has 0 radical (unpaired) electrons. The lowest BCUT2D eigenvalue weighted by molar-refractivity contribution is -0.128. The first kappa shape index (κ1) is 13.6. The van der Waals surface area contributed by atoms with Crippen LogP contribution in [-0.2, 0) is 4.79 Å². The summed E-state index contributed by atoms with van der Waals surface area (Å²) in [5.74, 6) is -0.0624. The molecule has 1 aromatic rings. The standard InChI is InChI=1S/C16H20N2O/c1-11-8-13(3)14(9-12(11)2)18(4)15(19)16(10-17)6-5-7-16/h8-9H,5-7H2,1-4H3. The van der Waals surface area contributed by atoms with Gasteiger partial charge >= 0.3 is 0 Å². The summed E-state index contributed by atoms with van der Waals surface area (Å²) in [4.78, 5) is 14.2. The van der Waals surface area contributed by atoms with Gasteiger partial charge in [0.25, 0.3) is 0 Å². The fourth-order valence-electron chi connectivity index (χ4n) is 2.64. The second-order valence-corrected chi connectivity index (χ2v) is 5.63. The molecule has 3 nitrogen and oxygen atoms in total. The highest BCUT2D eigenvalue weighted by molar-refractivity contribution is 6.00. The van der Waals surface area contributed by atoms with E-state index in [1.807, 2.05) is 19.9 Å². The Morgan fingerprint density at radius 3 is 2.26 bits per heavy atom. The maximum Gasteiger partial charge on any atom is 0.247 e. The van der Waals surface area contributed by atoms with Crippen molar-refractivity contribution in [1.82, 2.24) is 0 Å². The molecular formula is C16H20N2O. The van der Waals surface area contributed by atoms with Crippen molar-refractivity contribution in [2.75, 3.05) is 11.9 Å². The highest BCUT2D eigenvalue weighted by Gasteiger charge is 2.46. The Morgan fingerprint density at radius 1 is 1.21 bits per heavy atom. The van der Waals surface area contributed by atoms with E-state index < -0.39 is 5.41 Å². The van der Waals surface area contributed by atoms with Crippen LogP contribution in [0, 0.1) is 37.5 Å². The quantitative estimate of drug-likeness (QED) is 0.815. The normalized spacial score (nSPS) is 16.4. The first-order valence-corrected chi connectivity index (χ1v) is 6.68. The molecule has 0 aliphatic heterocycles. The fourth-order valence-corrected chi connectivity index (χ4v) is 2.64. The smallest absolute Gasteiger partial charge is 0.247 e. The SMILES string of the molecule is Cc1cc(C)c(N(C)C(=O)C2(C#N)CCC2)cc1C. The molecule has 0 bridgehead atoms. The number of rotatable bonds is 2. The molecule has 0 atom stereocenters. The van der Waals surface area contributed by atoms with Crippen LogP contribution in [0.2, 0.25) is 0 Å². The van der Waals surface area contributed by atoms with Gasteiger partial charge in [0.2, 0.25) is 5.91 Å². The number of hydrogen-bond donors (Lipinski definition) is 0. The maximum atomic E-state index is 12.5. The number of carbonyl (C=O) groups excluding carboxylic acids is 1. The Morgan fingerprint density at radius 2 is 1.79 bits per heavy atom. The highest BCUT2D eigenvalue weighted by atomic mass is 16.2. The summed E-state index contributed by atoms with van der Waals surface area (Å²) in [6, 6.07) is 6.35. The number of carbonyl (C=O) groups is 1. The summed E-state index contributed by atoms with van der Waals surface area (Å²) < 4.78 is 0. The van der Waals surface area contributed by atoms with Crippen molar-refractivity contribution in [2.24, 2.45) is 5.41 Å². The number of anilines is 1. The van der Waals surface area contributed by atoms with Crippen molar-refractivity contribution in [3.63, 3.8) is 0 Å². The third-order valence-electron chi connectivity index (χ3n) is 4.31. The van der Waals surface area contributed by atoms with E-state index in [2.05, 4.69) is 19.1 Å². The van der Waals surface area contributed by atoms with Gasteiger partial charge in [-0.25, -0.2) is 0 Å². The Kier molecular flexibility index (Phi) is 3.36. The fraction of sp³-hybridized carbons (Fsp3) is 0.500. The molecule has 0 saturated heterocycles. The van der Waals surface area contributed by atoms with E-state index >= 15 is 0 Å².